The summed E-state index contributed by atoms with van der Waals surface area (Å²) in [5, 5.41) is 3.64. The lowest BCUT2D eigenvalue weighted by Crippen LogP contribution is -2.43. The van der Waals surface area contributed by atoms with Crippen molar-refractivity contribution in [2.45, 2.75) is 39.3 Å². The Morgan fingerprint density at radius 3 is 2.83 bits per heavy atom. The zero-order valence-electron chi connectivity index (χ0n) is 13.3. The molecule has 23 heavy (non-hydrogen) atoms. The van der Waals surface area contributed by atoms with E-state index in [4.69, 9.17) is 9.26 Å². The minimum Gasteiger partial charge on any atom is -0.447 e. The molecular formula is C17H18N2O4. The predicted octanol–water partition coefficient (Wildman–Crippen LogP) is 2.51. The van der Waals surface area contributed by atoms with Crippen molar-refractivity contribution in [3.05, 3.63) is 47.3 Å². The fraction of sp³-hybridized carbons (Fsp3) is 0.353. The standard InChI is InChI=1S/C17H18N2O4/c1-10-8-15(23-18-10)17(21)22-12(3)16(20)19-11(2)9-13-6-4-5-7-14(13)19/h4-8,11-12H,9H2,1-3H3/t11-,12-/m0/s1. The highest BCUT2D eigenvalue weighted by molar-refractivity contribution is 6.00. The quantitative estimate of drug-likeness (QED) is 0.814. The lowest BCUT2D eigenvalue weighted by atomic mass is 10.1. The summed E-state index contributed by atoms with van der Waals surface area (Å²) in [6.07, 6.45) is -0.106. The van der Waals surface area contributed by atoms with E-state index >= 15 is 0 Å². The van der Waals surface area contributed by atoms with E-state index in [0.29, 0.717) is 5.69 Å². The fourth-order valence-corrected chi connectivity index (χ4v) is 2.83. The van der Waals surface area contributed by atoms with Gasteiger partial charge in [-0.2, -0.15) is 0 Å². The summed E-state index contributed by atoms with van der Waals surface area (Å²) < 4.78 is 10.1. The lowest BCUT2D eigenvalue weighted by molar-refractivity contribution is -0.126. The van der Waals surface area contributed by atoms with Crippen LogP contribution in [0.5, 0.6) is 0 Å². The minimum absolute atomic E-state index is 0.00276. The molecule has 0 N–H and O–H groups in total. The van der Waals surface area contributed by atoms with E-state index < -0.39 is 12.1 Å². The molecule has 0 spiro atoms. The average molecular weight is 314 g/mol. The van der Waals surface area contributed by atoms with Crippen LogP contribution in [0.4, 0.5) is 5.69 Å². The highest BCUT2D eigenvalue weighted by Crippen LogP contribution is 2.32. The topological polar surface area (TPSA) is 72.6 Å². The van der Waals surface area contributed by atoms with Crippen LogP contribution in [0.25, 0.3) is 0 Å². The number of ether oxygens (including phenoxy) is 1. The first-order valence-corrected chi connectivity index (χ1v) is 7.52. The number of fused-ring (bicyclic) bond motifs is 1. The summed E-state index contributed by atoms with van der Waals surface area (Å²) in [6, 6.07) is 9.28. The van der Waals surface area contributed by atoms with Crippen molar-refractivity contribution in [1.82, 2.24) is 5.16 Å². The number of carbonyl (C=O) groups excluding carboxylic acids is 2. The maximum Gasteiger partial charge on any atom is 0.377 e. The van der Waals surface area contributed by atoms with Crippen LogP contribution < -0.4 is 4.90 Å². The van der Waals surface area contributed by atoms with Gasteiger partial charge in [0.25, 0.3) is 5.91 Å². The Labute approximate surface area is 134 Å². The first-order chi connectivity index (χ1) is 11.0. The van der Waals surface area contributed by atoms with Crippen molar-refractivity contribution in [3.63, 3.8) is 0 Å². The van der Waals surface area contributed by atoms with E-state index in [0.717, 1.165) is 17.7 Å². The smallest absolute Gasteiger partial charge is 0.377 e. The molecule has 0 bridgehead atoms. The molecule has 1 aromatic heterocycles. The molecule has 2 heterocycles. The third-order valence-electron chi connectivity index (χ3n) is 3.91. The van der Waals surface area contributed by atoms with Crippen LogP contribution >= 0.6 is 0 Å². The van der Waals surface area contributed by atoms with Gasteiger partial charge < -0.3 is 14.2 Å². The molecule has 1 aliphatic heterocycles. The van der Waals surface area contributed by atoms with Gasteiger partial charge in [0.05, 0.1) is 5.69 Å². The molecule has 0 saturated carbocycles. The SMILES string of the molecule is Cc1cc(C(=O)O[C@@H](C)C(=O)N2c3ccccc3C[C@@H]2C)on1. The second-order valence-corrected chi connectivity index (χ2v) is 5.77. The largest absolute Gasteiger partial charge is 0.447 e. The zero-order valence-corrected chi connectivity index (χ0v) is 13.3. The van der Waals surface area contributed by atoms with Gasteiger partial charge in [-0.3, -0.25) is 4.79 Å². The van der Waals surface area contributed by atoms with Crippen LogP contribution in [0, 0.1) is 6.92 Å². The van der Waals surface area contributed by atoms with Gasteiger partial charge in [-0.15, -0.1) is 0 Å². The molecule has 2 atom stereocenters. The molecule has 0 aliphatic carbocycles. The molecule has 1 aliphatic rings. The normalized spacial score (nSPS) is 17.7. The van der Waals surface area contributed by atoms with Crippen molar-refractivity contribution in [3.8, 4) is 0 Å². The van der Waals surface area contributed by atoms with Crippen molar-refractivity contribution in [1.29, 1.82) is 0 Å². The number of hydrogen-bond donors (Lipinski definition) is 0. The highest BCUT2D eigenvalue weighted by atomic mass is 16.6. The van der Waals surface area contributed by atoms with E-state index in [9.17, 15) is 9.59 Å². The number of hydrogen-bond acceptors (Lipinski definition) is 5. The number of nitrogens with zero attached hydrogens (tertiary/aromatic N) is 2. The summed E-state index contributed by atoms with van der Waals surface area (Å²) in [4.78, 5) is 26.4. The van der Waals surface area contributed by atoms with Crippen molar-refractivity contribution >= 4 is 17.6 Å². The predicted molar refractivity (Wildman–Crippen MR) is 83.2 cm³/mol. The second-order valence-electron chi connectivity index (χ2n) is 5.77. The summed E-state index contributed by atoms with van der Waals surface area (Å²) in [7, 11) is 0. The van der Waals surface area contributed by atoms with Gasteiger partial charge in [0.1, 0.15) is 0 Å². The Morgan fingerprint density at radius 2 is 2.13 bits per heavy atom. The number of amides is 1. The first kappa shape index (κ1) is 15.3. The number of aromatic nitrogens is 1. The molecule has 2 aromatic rings. The van der Waals surface area contributed by atoms with E-state index in [-0.39, 0.29) is 17.7 Å². The Hall–Kier alpha value is -2.63. The molecule has 1 amide bonds. The Balaban J connectivity index is 1.74. The number of aryl methyl sites for hydroxylation is 1. The van der Waals surface area contributed by atoms with E-state index in [1.165, 1.54) is 6.07 Å². The fourth-order valence-electron chi connectivity index (χ4n) is 2.83. The highest BCUT2D eigenvalue weighted by Gasteiger charge is 2.34. The van der Waals surface area contributed by atoms with E-state index in [1.807, 2.05) is 31.2 Å². The van der Waals surface area contributed by atoms with Crippen LogP contribution in [0.15, 0.2) is 34.9 Å². The molecule has 3 rings (SSSR count). The Morgan fingerprint density at radius 1 is 1.39 bits per heavy atom. The number of benzene rings is 1. The Bertz CT molecular complexity index is 753. The summed E-state index contributed by atoms with van der Waals surface area (Å²) in [5.41, 5.74) is 2.58. The summed E-state index contributed by atoms with van der Waals surface area (Å²) >= 11 is 0. The average Bonchev–Trinajstić information content (AvgIpc) is 3.09. The monoisotopic (exact) mass is 314 g/mol. The van der Waals surface area contributed by atoms with Crippen molar-refractivity contribution in [2.75, 3.05) is 4.90 Å². The van der Waals surface area contributed by atoms with Crippen LogP contribution in [0.3, 0.4) is 0 Å². The Kier molecular flexibility index (Phi) is 3.90. The number of para-hydroxylation sites is 1. The van der Waals surface area contributed by atoms with Gasteiger partial charge in [0.15, 0.2) is 6.10 Å². The minimum atomic E-state index is -0.901. The van der Waals surface area contributed by atoms with Crippen molar-refractivity contribution < 1.29 is 18.8 Å². The summed E-state index contributed by atoms with van der Waals surface area (Å²) in [6.45, 7) is 5.25. The maximum atomic E-state index is 12.7. The van der Waals surface area contributed by atoms with Gasteiger partial charge in [-0.1, -0.05) is 23.4 Å². The van der Waals surface area contributed by atoms with Crippen LogP contribution in [0.2, 0.25) is 0 Å². The molecule has 0 radical (unpaired) electrons. The molecule has 0 unspecified atom stereocenters. The molecule has 0 saturated heterocycles. The van der Waals surface area contributed by atoms with Gasteiger partial charge >= 0.3 is 5.97 Å². The van der Waals surface area contributed by atoms with Crippen LogP contribution in [0.1, 0.15) is 35.7 Å². The van der Waals surface area contributed by atoms with Gasteiger partial charge in [0, 0.05) is 17.8 Å². The molecular weight excluding hydrogens is 296 g/mol. The van der Waals surface area contributed by atoms with E-state index in [2.05, 4.69) is 5.16 Å². The van der Waals surface area contributed by atoms with Gasteiger partial charge in [-0.25, -0.2) is 4.79 Å². The first-order valence-electron chi connectivity index (χ1n) is 7.52. The molecule has 6 nitrogen and oxygen atoms in total. The maximum absolute atomic E-state index is 12.7. The third-order valence-corrected chi connectivity index (χ3v) is 3.91. The second kappa shape index (κ2) is 5.87. The van der Waals surface area contributed by atoms with E-state index in [1.54, 1.807) is 18.7 Å². The summed E-state index contributed by atoms with van der Waals surface area (Å²) in [5.74, 6) is -0.935. The molecule has 6 heteroatoms. The van der Waals surface area contributed by atoms with Gasteiger partial charge in [-0.05, 0) is 38.8 Å². The van der Waals surface area contributed by atoms with Gasteiger partial charge in [0.2, 0.25) is 5.76 Å². The zero-order chi connectivity index (χ0) is 16.6. The number of rotatable bonds is 3. The molecule has 1 aromatic carbocycles. The van der Waals surface area contributed by atoms with Crippen LogP contribution in [-0.4, -0.2) is 29.2 Å². The number of carbonyl (C=O) groups is 2. The number of anilines is 1. The lowest BCUT2D eigenvalue weighted by Gasteiger charge is -2.25. The van der Waals surface area contributed by atoms with Crippen molar-refractivity contribution in [2.24, 2.45) is 0 Å². The third kappa shape index (κ3) is 2.84. The molecule has 120 valence electrons. The van der Waals surface area contributed by atoms with Crippen LogP contribution in [-0.2, 0) is 16.0 Å². The molecule has 0 fully saturated rings. The number of esters is 1.